The Morgan fingerprint density at radius 1 is 1.37 bits per heavy atom. The van der Waals surface area contributed by atoms with Gasteiger partial charge in [0.25, 0.3) is 5.69 Å². The van der Waals surface area contributed by atoms with E-state index in [1.54, 1.807) is 6.07 Å². The normalized spacial score (nSPS) is 11.2. The molecule has 7 nitrogen and oxygen atoms in total. The summed E-state index contributed by atoms with van der Waals surface area (Å²) in [6, 6.07) is 4.54. The van der Waals surface area contributed by atoms with Crippen molar-refractivity contribution in [3.63, 3.8) is 0 Å². The fourth-order valence-corrected chi connectivity index (χ4v) is 1.66. The highest BCUT2D eigenvalue weighted by molar-refractivity contribution is 5.63. The molecule has 0 aliphatic carbocycles. The SMILES string of the molecule is CCOC(C)(C)CNc1cc(NN)cc([N+](=O)[O-])c1. The van der Waals surface area contributed by atoms with Gasteiger partial charge in [-0.05, 0) is 26.8 Å². The molecule has 0 saturated heterocycles. The number of nitrogens with one attached hydrogen (secondary N) is 2. The van der Waals surface area contributed by atoms with Gasteiger partial charge in [0.05, 0.1) is 16.2 Å². The van der Waals surface area contributed by atoms with Gasteiger partial charge in [-0.3, -0.25) is 16.0 Å². The first-order chi connectivity index (χ1) is 8.88. The maximum absolute atomic E-state index is 10.8. The number of ether oxygens (including phenoxy) is 1. The second kappa shape index (κ2) is 6.35. The van der Waals surface area contributed by atoms with E-state index in [2.05, 4.69) is 10.7 Å². The number of hydrogen-bond acceptors (Lipinski definition) is 6. The van der Waals surface area contributed by atoms with Crippen LogP contribution in [0.25, 0.3) is 0 Å². The number of rotatable bonds is 7. The summed E-state index contributed by atoms with van der Waals surface area (Å²) in [5.41, 5.74) is 3.13. The average Bonchev–Trinajstić information content (AvgIpc) is 2.36. The summed E-state index contributed by atoms with van der Waals surface area (Å²) in [4.78, 5) is 10.4. The largest absolute Gasteiger partial charge is 0.382 e. The number of non-ortho nitro benzene ring substituents is 1. The molecule has 7 heteroatoms. The number of nitrogens with two attached hydrogens (primary N) is 1. The summed E-state index contributed by atoms with van der Waals surface area (Å²) in [5.74, 6) is 5.29. The molecule has 4 N–H and O–H groups in total. The number of hydrogen-bond donors (Lipinski definition) is 3. The highest BCUT2D eigenvalue weighted by Crippen LogP contribution is 2.24. The Morgan fingerprint density at radius 2 is 2.00 bits per heavy atom. The molecule has 1 rings (SSSR count). The molecule has 1 aromatic carbocycles. The molecule has 0 atom stereocenters. The van der Waals surface area contributed by atoms with E-state index in [0.29, 0.717) is 24.5 Å². The summed E-state index contributed by atoms with van der Waals surface area (Å²) in [5, 5.41) is 13.9. The Labute approximate surface area is 112 Å². The quantitative estimate of drug-likeness (QED) is 0.397. The van der Waals surface area contributed by atoms with Gasteiger partial charge in [0.15, 0.2) is 0 Å². The minimum absolute atomic E-state index is 0.0211. The van der Waals surface area contributed by atoms with Crippen LogP contribution in [0.15, 0.2) is 18.2 Å². The van der Waals surface area contributed by atoms with Gasteiger partial charge < -0.3 is 15.5 Å². The van der Waals surface area contributed by atoms with E-state index in [-0.39, 0.29) is 11.3 Å². The maximum atomic E-state index is 10.8. The second-order valence-electron chi connectivity index (χ2n) is 4.72. The zero-order valence-electron chi connectivity index (χ0n) is 11.4. The highest BCUT2D eigenvalue weighted by atomic mass is 16.6. The monoisotopic (exact) mass is 268 g/mol. The van der Waals surface area contributed by atoms with Crippen LogP contribution in [-0.2, 0) is 4.74 Å². The van der Waals surface area contributed by atoms with E-state index < -0.39 is 4.92 Å². The van der Waals surface area contributed by atoms with Crippen molar-refractivity contribution in [3.8, 4) is 0 Å². The Balaban J connectivity index is 2.83. The summed E-state index contributed by atoms with van der Waals surface area (Å²) < 4.78 is 5.55. The van der Waals surface area contributed by atoms with Crippen molar-refractivity contribution in [1.82, 2.24) is 0 Å². The van der Waals surface area contributed by atoms with Crippen molar-refractivity contribution >= 4 is 17.1 Å². The molecule has 106 valence electrons. The molecule has 0 aromatic heterocycles. The van der Waals surface area contributed by atoms with Gasteiger partial charge in [-0.1, -0.05) is 0 Å². The predicted molar refractivity (Wildman–Crippen MR) is 75.1 cm³/mol. The zero-order chi connectivity index (χ0) is 14.5. The Kier molecular flexibility index (Phi) is 5.08. The number of nitrogen functional groups attached to an aromatic ring is 1. The highest BCUT2D eigenvalue weighted by Gasteiger charge is 2.18. The first-order valence-electron chi connectivity index (χ1n) is 6.02. The summed E-state index contributed by atoms with van der Waals surface area (Å²) in [7, 11) is 0. The third kappa shape index (κ3) is 4.72. The lowest BCUT2D eigenvalue weighted by Crippen LogP contribution is -2.33. The van der Waals surface area contributed by atoms with Crippen molar-refractivity contribution in [2.24, 2.45) is 5.84 Å². The Morgan fingerprint density at radius 3 is 2.53 bits per heavy atom. The molecule has 0 heterocycles. The van der Waals surface area contributed by atoms with Crippen LogP contribution >= 0.6 is 0 Å². The number of hydrazine groups is 1. The maximum Gasteiger partial charge on any atom is 0.273 e. The summed E-state index contributed by atoms with van der Waals surface area (Å²) in [6.45, 7) is 6.96. The lowest BCUT2D eigenvalue weighted by molar-refractivity contribution is -0.384. The Hall–Kier alpha value is -1.86. The van der Waals surface area contributed by atoms with Crippen LogP contribution in [-0.4, -0.2) is 23.7 Å². The average molecular weight is 268 g/mol. The van der Waals surface area contributed by atoms with Crippen molar-refractivity contribution in [1.29, 1.82) is 0 Å². The van der Waals surface area contributed by atoms with Crippen LogP contribution in [0.5, 0.6) is 0 Å². The lowest BCUT2D eigenvalue weighted by atomic mass is 10.1. The van der Waals surface area contributed by atoms with Gasteiger partial charge in [-0.15, -0.1) is 0 Å². The Bertz CT molecular complexity index is 449. The molecule has 0 aliphatic rings. The third-order valence-corrected chi connectivity index (χ3v) is 2.55. The van der Waals surface area contributed by atoms with Crippen LogP contribution in [0, 0.1) is 10.1 Å². The predicted octanol–water partition coefficient (Wildman–Crippen LogP) is 2.11. The smallest absolute Gasteiger partial charge is 0.273 e. The van der Waals surface area contributed by atoms with Gasteiger partial charge in [-0.25, -0.2) is 0 Å². The van der Waals surface area contributed by atoms with Crippen LogP contribution < -0.4 is 16.6 Å². The number of nitrogens with zero attached hydrogens (tertiary/aromatic N) is 1. The molecule has 0 fully saturated rings. The molecular formula is C12H20N4O3. The number of nitro groups is 1. The number of nitro benzene ring substituents is 1. The summed E-state index contributed by atoms with van der Waals surface area (Å²) in [6.07, 6.45) is 0. The second-order valence-corrected chi connectivity index (χ2v) is 4.72. The minimum atomic E-state index is -0.459. The standard InChI is InChI=1S/C12H20N4O3/c1-4-19-12(2,3)8-14-9-5-10(15-13)7-11(6-9)16(17)18/h5-7,14-15H,4,8,13H2,1-3H3. The molecule has 0 bridgehead atoms. The van der Waals surface area contributed by atoms with E-state index in [4.69, 9.17) is 10.6 Å². The van der Waals surface area contributed by atoms with Crippen LogP contribution in [0.1, 0.15) is 20.8 Å². The van der Waals surface area contributed by atoms with E-state index >= 15 is 0 Å². The van der Waals surface area contributed by atoms with Gasteiger partial charge >= 0.3 is 0 Å². The fourth-order valence-electron chi connectivity index (χ4n) is 1.66. The van der Waals surface area contributed by atoms with Crippen molar-refractivity contribution < 1.29 is 9.66 Å². The molecule has 0 saturated carbocycles. The minimum Gasteiger partial charge on any atom is -0.382 e. The molecule has 0 aliphatic heterocycles. The van der Waals surface area contributed by atoms with E-state index in [1.165, 1.54) is 12.1 Å². The van der Waals surface area contributed by atoms with Crippen LogP contribution in [0.4, 0.5) is 17.1 Å². The van der Waals surface area contributed by atoms with Crippen LogP contribution in [0.3, 0.4) is 0 Å². The first-order valence-corrected chi connectivity index (χ1v) is 6.02. The zero-order valence-corrected chi connectivity index (χ0v) is 11.4. The van der Waals surface area contributed by atoms with Crippen LogP contribution in [0.2, 0.25) is 0 Å². The fraction of sp³-hybridized carbons (Fsp3) is 0.500. The van der Waals surface area contributed by atoms with Gasteiger partial charge in [0.2, 0.25) is 0 Å². The van der Waals surface area contributed by atoms with Crippen molar-refractivity contribution in [2.45, 2.75) is 26.4 Å². The molecule has 0 radical (unpaired) electrons. The molecule has 0 spiro atoms. The number of benzene rings is 1. The van der Waals surface area contributed by atoms with E-state index in [1.807, 2.05) is 20.8 Å². The summed E-state index contributed by atoms with van der Waals surface area (Å²) >= 11 is 0. The van der Waals surface area contributed by atoms with Crippen molar-refractivity contribution in [2.75, 3.05) is 23.9 Å². The van der Waals surface area contributed by atoms with Gasteiger partial charge in [0, 0.05) is 31.0 Å². The lowest BCUT2D eigenvalue weighted by Gasteiger charge is -2.25. The third-order valence-electron chi connectivity index (χ3n) is 2.55. The number of anilines is 2. The molecule has 0 unspecified atom stereocenters. The molecule has 1 aromatic rings. The van der Waals surface area contributed by atoms with Gasteiger partial charge in [-0.2, -0.15) is 0 Å². The first kappa shape index (κ1) is 15.2. The van der Waals surface area contributed by atoms with Gasteiger partial charge in [0.1, 0.15) is 0 Å². The topological polar surface area (TPSA) is 102 Å². The van der Waals surface area contributed by atoms with E-state index in [0.717, 1.165) is 0 Å². The molecule has 0 amide bonds. The van der Waals surface area contributed by atoms with Crippen molar-refractivity contribution in [3.05, 3.63) is 28.3 Å². The molecular weight excluding hydrogens is 248 g/mol. The van der Waals surface area contributed by atoms with E-state index in [9.17, 15) is 10.1 Å². The molecule has 19 heavy (non-hydrogen) atoms.